The number of hydrogen-bond donors (Lipinski definition) is 1. The second-order valence-corrected chi connectivity index (χ2v) is 5.77. The summed E-state index contributed by atoms with van der Waals surface area (Å²) >= 11 is 0. The van der Waals surface area contributed by atoms with Crippen molar-refractivity contribution in [1.29, 1.82) is 0 Å². The van der Waals surface area contributed by atoms with E-state index < -0.39 is 0 Å². The van der Waals surface area contributed by atoms with Crippen LogP contribution in [0.2, 0.25) is 0 Å². The fourth-order valence-corrected chi connectivity index (χ4v) is 3.40. The van der Waals surface area contributed by atoms with Crippen molar-refractivity contribution in [3.8, 4) is 0 Å². The third kappa shape index (κ3) is 3.32. The molecule has 1 aliphatic carbocycles. The average molecular weight is 237 g/mol. The normalized spacial score (nSPS) is 28.8. The minimum atomic E-state index is 0.265. The Kier molecular flexibility index (Phi) is 4.63. The van der Waals surface area contributed by atoms with Crippen LogP contribution >= 0.6 is 0 Å². The molecule has 2 heteroatoms. The smallest absolute Gasteiger partial charge is 0.0688 e. The standard InChI is InChI=1S/C15H27NO/c1-13(6-5-10-16-2)14-7-11-17-15(12-14)8-3-4-9-15/h6,14,16H,3-5,7-12H2,1-2H3. The van der Waals surface area contributed by atoms with Gasteiger partial charge in [0.05, 0.1) is 5.60 Å². The molecule has 1 saturated carbocycles. The lowest BCUT2D eigenvalue weighted by molar-refractivity contribution is -0.0869. The number of hydrogen-bond acceptors (Lipinski definition) is 2. The minimum absolute atomic E-state index is 0.265. The van der Waals surface area contributed by atoms with Gasteiger partial charge in [0, 0.05) is 6.61 Å². The van der Waals surface area contributed by atoms with Crippen LogP contribution in [-0.2, 0) is 4.74 Å². The van der Waals surface area contributed by atoms with Gasteiger partial charge in [-0.3, -0.25) is 0 Å². The van der Waals surface area contributed by atoms with Crippen LogP contribution in [0.15, 0.2) is 11.6 Å². The van der Waals surface area contributed by atoms with Crippen LogP contribution in [0.25, 0.3) is 0 Å². The van der Waals surface area contributed by atoms with E-state index in [1.54, 1.807) is 5.57 Å². The summed E-state index contributed by atoms with van der Waals surface area (Å²) in [7, 11) is 2.02. The molecule has 0 bridgehead atoms. The maximum Gasteiger partial charge on any atom is 0.0688 e. The quantitative estimate of drug-likeness (QED) is 0.598. The lowest BCUT2D eigenvalue weighted by Gasteiger charge is -2.38. The van der Waals surface area contributed by atoms with E-state index in [4.69, 9.17) is 4.74 Å². The van der Waals surface area contributed by atoms with Crippen LogP contribution in [0.3, 0.4) is 0 Å². The summed E-state index contributed by atoms with van der Waals surface area (Å²) in [6.07, 6.45) is 11.4. The molecule has 0 aromatic heterocycles. The summed E-state index contributed by atoms with van der Waals surface area (Å²) in [5.41, 5.74) is 1.86. The number of allylic oxidation sites excluding steroid dienone is 1. The van der Waals surface area contributed by atoms with Gasteiger partial charge in [-0.1, -0.05) is 24.5 Å². The zero-order valence-electron chi connectivity index (χ0n) is 11.4. The summed E-state index contributed by atoms with van der Waals surface area (Å²) < 4.78 is 6.09. The van der Waals surface area contributed by atoms with Crippen molar-refractivity contribution in [2.45, 2.75) is 57.5 Å². The minimum Gasteiger partial charge on any atom is -0.375 e. The largest absolute Gasteiger partial charge is 0.375 e. The lowest BCUT2D eigenvalue weighted by Crippen LogP contribution is -2.37. The molecule has 1 heterocycles. The highest BCUT2D eigenvalue weighted by Crippen LogP contribution is 2.43. The highest BCUT2D eigenvalue weighted by atomic mass is 16.5. The fraction of sp³-hybridized carbons (Fsp3) is 0.867. The van der Waals surface area contributed by atoms with Gasteiger partial charge in [-0.15, -0.1) is 0 Å². The van der Waals surface area contributed by atoms with E-state index in [0.717, 1.165) is 25.5 Å². The van der Waals surface area contributed by atoms with Crippen LogP contribution in [0, 0.1) is 5.92 Å². The summed E-state index contributed by atoms with van der Waals surface area (Å²) in [5, 5.41) is 3.21. The van der Waals surface area contributed by atoms with Crippen molar-refractivity contribution in [3.63, 3.8) is 0 Å². The van der Waals surface area contributed by atoms with Crippen molar-refractivity contribution in [3.05, 3.63) is 11.6 Å². The first-order valence-corrected chi connectivity index (χ1v) is 7.21. The van der Waals surface area contributed by atoms with E-state index in [9.17, 15) is 0 Å². The Labute approximate surface area is 106 Å². The van der Waals surface area contributed by atoms with Gasteiger partial charge < -0.3 is 10.1 Å². The van der Waals surface area contributed by atoms with Gasteiger partial charge in [-0.2, -0.15) is 0 Å². The van der Waals surface area contributed by atoms with Crippen molar-refractivity contribution >= 4 is 0 Å². The molecule has 0 radical (unpaired) electrons. The van der Waals surface area contributed by atoms with E-state index in [1.807, 2.05) is 7.05 Å². The molecule has 1 spiro atoms. The second kappa shape index (κ2) is 6.01. The molecule has 17 heavy (non-hydrogen) atoms. The molecule has 2 aliphatic rings. The summed E-state index contributed by atoms with van der Waals surface area (Å²) in [5.74, 6) is 0.777. The average Bonchev–Trinajstić information content (AvgIpc) is 2.77. The highest BCUT2D eigenvalue weighted by molar-refractivity contribution is 5.08. The Balaban J connectivity index is 1.90. The van der Waals surface area contributed by atoms with Crippen LogP contribution in [0.1, 0.15) is 51.9 Å². The summed E-state index contributed by atoms with van der Waals surface area (Å²) in [6.45, 7) is 4.38. The Morgan fingerprint density at radius 1 is 1.41 bits per heavy atom. The Hall–Kier alpha value is -0.340. The summed E-state index contributed by atoms with van der Waals surface area (Å²) in [6, 6.07) is 0. The molecule has 0 amide bonds. The van der Waals surface area contributed by atoms with E-state index >= 15 is 0 Å². The molecule has 1 N–H and O–H groups in total. The molecule has 2 nitrogen and oxygen atoms in total. The van der Waals surface area contributed by atoms with E-state index in [-0.39, 0.29) is 5.60 Å². The third-order valence-electron chi connectivity index (χ3n) is 4.51. The first kappa shape index (κ1) is 13.1. The van der Waals surface area contributed by atoms with E-state index in [2.05, 4.69) is 18.3 Å². The topological polar surface area (TPSA) is 21.3 Å². The zero-order chi connectivity index (χ0) is 12.1. The molecule has 2 rings (SSSR count). The van der Waals surface area contributed by atoms with Crippen LogP contribution in [0.4, 0.5) is 0 Å². The predicted octanol–water partition coefficient (Wildman–Crippen LogP) is 3.28. The number of ether oxygens (including phenoxy) is 1. The molecule has 1 aliphatic heterocycles. The van der Waals surface area contributed by atoms with Crippen molar-refractivity contribution in [2.75, 3.05) is 20.2 Å². The Morgan fingerprint density at radius 2 is 2.18 bits per heavy atom. The number of rotatable bonds is 4. The zero-order valence-corrected chi connectivity index (χ0v) is 11.4. The maximum atomic E-state index is 6.09. The third-order valence-corrected chi connectivity index (χ3v) is 4.51. The molecule has 2 fully saturated rings. The fourth-order valence-electron chi connectivity index (χ4n) is 3.40. The maximum absolute atomic E-state index is 6.09. The SMILES string of the molecule is CNCCC=C(C)C1CCOC2(CCCC2)C1. The predicted molar refractivity (Wildman–Crippen MR) is 72.2 cm³/mol. The van der Waals surface area contributed by atoms with Gasteiger partial charge >= 0.3 is 0 Å². The van der Waals surface area contributed by atoms with Gasteiger partial charge in [0.2, 0.25) is 0 Å². The first-order chi connectivity index (χ1) is 8.26. The van der Waals surface area contributed by atoms with Gasteiger partial charge in [0.25, 0.3) is 0 Å². The molecule has 0 aromatic carbocycles. The molecule has 98 valence electrons. The van der Waals surface area contributed by atoms with E-state index in [1.165, 1.54) is 38.5 Å². The van der Waals surface area contributed by atoms with Crippen LogP contribution in [0.5, 0.6) is 0 Å². The van der Waals surface area contributed by atoms with E-state index in [0.29, 0.717) is 0 Å². The van der Waals surface area contributed by atoms with Crippen molar-refractivity contribution in [1.82, 2.24) is 5.32 Å². The second-order valence-electron chi connectivity index (χ2n) is 5.77. The highest BCUT2D eigenvalue weighted by Gasteiger charge is 2.39. The summed E-state index contributed by atoms with van der Waals surface area (Å²) in [4.78, 5) is 0. The van der Waals surface area contributed by atoms with Crippen molar-refractivity contribution < 1.29 is 4.74 Å². The lowest BCUT2D eigenvalue weighted by atomic mass is 9.81. The molecular formula is C15H27NO. The molecule has 1 saturated heterocycles. The van der Waals surface area contributed by atoms with Crippen LogP contribution < -0.4 is 5.32 Å². The first-order valence-electron chi connectivity index (χ1n) is 7.21. The molecule has 1 atom stereocenters. The molecular weight excluding hydrogens is 210 g/mol. The molecule has 0 aromatic rings. The monoisotopic (exact) mass is 237 g/mol. The van der Waals surface area contributed by atoms with Gasteiger partial charge in [0.1, 0.15) is 0 Å². The van der Waals surface area contributed by atoms with Gasteiger partial charge in [0.15, 0.2) is 0 Å². The van der Waals surface area contributed by atoms with Gasteiger partial charge in [-0.05, 0) is 58.5 Å². The number of nitrogens with one attached hydrogen (secondary N) is 1. The van der Waals surface area contributed by atoms with Crippen LogP contribution in [-0.4, -0.2) is 25.8 Å². The Morgan fingerprint density at radius 3 is 2.88 bits per heavy atom. The van der Waals surface area contributed by atoms with Crippen molar-refractivity contribution in [2.24, 2.45) is 5.92 Å². The van der Waals surface area contributed by atoms with Gasteiger partial charge in [-0.25, -0.2) is 0 Å². The molecule has 1 unspecified atom stereocenters. The Bertz CT molecular complexity index is 266.